The minimum Gasteiger partial charge on any atom is -0.509 e. The van der Waals surface area contributed by atoms with E-state index >= 15 is 0 Å². The van der Waals surface area contributed by atoms with Gasteiger partial charge in [-0.1, -0.05) is 62.4 Å². The van der Waals surface area contributed by atoms with Crippen molar-refractivity contribution in [1.82, 2.24) is 5.32 Å². The third-order valence-corrected chi connectivity index (χ3v) is 4.83. The molecule has 2 amide bonds. The summed E-state index contributed by atoms with van der Waals surface area (Å²) < 4.78 is 0. The molecule has 5 heteroatoms. The summed E-state index contributed by atoms with van der Waals surface area (Å²) in [6.07, 6.45) is 0.394. The molecule has 2 aromatic carbocycles. The normalized spacial score (nSPS) is 19.3. The fraction of sp³-hybridized carbons (Fsp3) is 0.273. The number of aliphatic hydroxyl groups excluding tert-OH is 1. The number of hydrogen-bond acceptors (Lipinski definition) is 3. The predicted molar refractivity (Wildman–Crippen MR) is 106 cm³/mol. The first kappa shape index (κ1) is 18.7. The molecule has 0 fully saturated rings. The highest BCUT2D eigenvalue weighted by Crippen LogP contribution is 2.30. The Morgan fingerprint density at radius 3 is 2.41 bits per heavy atom. The van der Waals surface area contributed by atoms with E-state index in [1.165, 1.54) is 0 Å². The number of amides is 2. The number of hydrogen-bond donors (Lipinski definition) is 3. The minimum absolute atomic E-state index is 0.213. The van der Waals surface area contributed by atoms with E-state index in [0.29, 0.717) is 12.1 Å². The smallest absolute Gasteiger partial charge is 0.264 e. The molecular formula is C22H24N2O3. The molecule has 0 saturated carbocycles. The number of para-hydroxylation sites is 1. The maximum atomic E-state index is 12.8. The second kappa shape index (κ2) is 7.27. The van der Waals surface area contributed by atoms with Gasteiger partial charge in [0.05, 0.1) is 5.54 Å². The molecule has 2 aromatic rings. The summed E-state index contributed by atoms with van der Waals surface area (Å²) in [5.74, 6) is -1.18. The summed E-state index contributed by atoms with van der Waals surface area (Å²) in [6.45, 7) is 5.78. The van der Waals surface area contributed by atoms with Crippen LogP contribution in [0.2, 0.25) is 0 Å². The SMILES string of the molecule is CC(C)c1ccccc1NC(=O)C1=C(O)C(C)(Cc2ccccc2)NC1=O. The third kappa shape index (κ3) is 3.72. The molecule has 0 aliphatic carbocycles. The van der Waals surface area contributed by atoms with Crippen molar-refractivity contribution < 1.29 is 14.7 Å². The lowest BCUT2D eigenvalue weighted by Crippen LogP contribution is -2.43. The van der Waals surface area contributed by atoms with Crippen LogP contribution in [0.4, 0.5) is 5.69 Å². The Bertz CT molecular complexity index is 903. The van der Waals surface area contributed by atoms with Crippen molar-refractivity contribution in [2.24, 2.45) is 0 Å². The van der Waals surface area contributed by atoms with E-state index in [-0.39, 0.29) is 17.3 Å². The van der Waals surface area contributed by atoms with Gasteiger partial charge < -0.3 is 15.7 Å². The van der Waals surface area contributed by atoms with Crippen LogP contribution in [0.1, 0.15) is 37.8 Å². The number of carbonyl (C=O) groups excluding carboxylic acids is 2. The van der Waals surface area contributed by atoms with Crippen molar-refractivity contribution in [3.63, 3.8) is 0 Å². The van der Waals surface area contributed by atoms with E-state index < -0.39 is 17.4 Å². The standard InChI is InChI=1S/C22H24N2O3/c1-14(2)16-11-7-8-12-17(16)23-20(26)18-19(25)22(3,24-21(18)27)13-15-9-5-4-6-10-15/h4-12,14,25H,13H2,1-3H3,(H,23,26)(H,24,27). The molecule has 3 rings (SSSR count). The lowest BCUT2D eigenvalue weighted by atomic mass is 9.91. The summed E-state index contributed by atoms with van der Waals surface area (Å²) in [6, 6.07) is 17.0. The monoisotopic (exact) mass is 364 g/mol. The van der Waals surface area contributed by atoms with Gasteiger partial charge in [0.2, 0.25) is 0 Å². The minimum atomic E-state index is -1.01. The topological polar surface area (TPSA) is 78.4 Å². The Kier molecular flexibility index (Phi) is 5.04. The molecule has 1 atom stereocenters. The Morgan fingerprint density at radius 2 is 1.74 bits per heavy atom. The highest BCUT2D eigenvalue weighted by Gasteiger charge is 2.44. The molecule has 0 radical (unpaired) electrons. The van der Waals surface area contributed by atoms with Gasteiger partial charge in [-0.2, -0.15) is 0 Å². The summed E-state index contributed by atoms with van der Waals surface area (Å²) in [7, 11) is 0. The van der Waals surface area contributed by atoms with Crippen molar-refractivity contribution in [2.45, 2.75) is 38.6 Å². The molecule has 0 bridgehead atoms. The Labute approximate surface area is 159 Å². The molecular weight excluding hydrogens is 340 g/mol. The molecule has 1 aliphatic rings. The fourth-order valence-electron chi connectivity index (χ4n) is 3.40. The summed E-state index contributed by atoms with van der Waals surface area (Å²) in [5, 5.41) is 16.2. The van der Waals surface area contributed by atoms with Gasteiger partial charge in [-0.15, -0.1) is 0 Å². The van der Waals surface area contributed by atoms with Crippen molar-refractivity contribution in [1.29, 1.82) is 0 Å². The van der Waals surface area contributed by atoms with E-state index in [2.05, 4.69) is 10.6 Å². The van der Waals surface area contributed by atoms with Gasteiger partial charge in [0, 0.05) is 12.1 Å². The summed E-state index contributed by atoms with van der Waals surface area (Å²) in [5.41, 5.74) is 1.33. The van der Waals surface area contributed by atoms with Gasteiger partial charge in [-0.3, -0.25) is 9.59 Å². The highest BCUT2D eigenvalue weighted by molar-refractivity contribution is 6.25. The van der Waals surface area contributed by atoms with Crippen LogP contribution in [0.25, 0.3) is 0 Å². The van der Waals surface area contributed by atoms with Crippen LogP contribution < -0.4 is 10.6 Å². The number of nitrogens with one attached hydrogen (secondary N) is 2. The molecule has 0 spiro atoms. The maximum absolute atomic E-state index is 12.8. The lowest BCUT2D eigenvalue weighted by molar-refractivity contribution is -0.121. The number of carbonyl (C=O) groups is 2. The van der Waals surface area contributed by atoms with Crippen LogP contribution in [0.5, 0.6) is 0 Å². The van der Waals surface area contributed by atoms with Crippen LogP contribution in [0, 0.1) is 0 Å². The molecule has 0 saturated heterocycles. The van der Waals surface area contributed by atoms with Crippen LogP contribution in [0.3, 0.4) is 0 Å². The first-order valence-corrected chi connectivity index (χ1v) is 9.02. The zero-order chi connectivity index (χ0) is 19.6. The van der Waals surface area contributed by atoms with Crippen molar-refractivity contribution in [3.8, 4) is 0 Å². The average Bonchev–Trinajstić information content (AvgIpc) is 2.84. The molecule has 5 nitrogen and oxygen atoms in total. The van der Waals surface area contributed by atoms with Crippen molar-refractivity contribution >= 4 is 17.5 Å². The maximum Gasteiger partial charge on any atom is 0.264 e. The van der Waals surface area contributed by atoms with Crippen LogP contribution >= 0.6 is 0 Å². The first-order valence-electron chi connectivity index (χ1n) is 9.02. The number of aliphatic hydroxyl groups is 1. The van der Waals surface area contributed by atoms with Crippen LogP contribution in [-0.2, 0) is 16.0 Å². The average molecular weight is 364 g/mol. The Hall–Kier alpha value is -3.08. The second-order valence-electron chi connectivity index (χ2n) is 7.37. The highest BCUT2D eigenvalue weighted by atomic mass is 16.3. The first-order chi connectivity index (χ1) is 12.8. The van der Waals surface area contributed by atoms with E-state index in [1.807, 2.05) is 62.4 Å². The van der Waals surface area contributed by atoms with Gasteiger partial charge >= 0.3 is 0 Å². The van der Waals surface area contributed by atoms with Gasteiger partial charge in [-0.05, 0) is 30.0 Å². The van der Waals surface area contributed by atoms with Gasteiger partial charge in [0.25, 0.3) is 11.8 Å². The number of rotatable bonds is 5. The number of anilines is 1. The van der Waals surface area contributed by atoms with Gasteiger partial charge in [-0.25, -0.2) is 0 Å². The van der Waals surface area contributed by atoms with E-state index in [9.17, 15) is 14.7 Å². The lowest BCUT2D eigenvalue weighted by Gasteiger charge is -2.24. The molecule has 3 N–H and O–H groups in total. The molecule has 1 unspecified atom stereocenters. The predicted octanol–water partition coefficient (Wildman–Crippen LogP) is 3.69. The Morgan fingerprint density at radius 1 is 1.11 bits per heavy atom. The van der Waals surface area contributed by atoms with E-state index in [0.717, 1.165) is 11.1 Å². The Balaban J connectivity index is 1.88. The fourth-order valence-corrected chi connectivity index (χ4v) is 3.40. The molecule has 140 valence electrons. The molecule has 0 aromatic heterocycles. The zero-order valence-electron chi connectivity index (χ0n) is 15.7. The largest absolute Gasteiger partial charge is 0.509 e. The summed E-state index contributed by atoms with van der Waals surface area (Å²) in [4.78, 5) is 25.2. The van der Waals surface area contributed by atoms with Crippen LogP contribution in [-0.4, -0.2) is 22.5 Å². The molecule has 1 aliphatic heterocycles. The van der Waals surface area contributed by atoms with Crippen molar-refractivity contribution in [2.75, 3.05) is 5.32 Å². The van der Waals surface area contributed by atoms with E-state index in [4.69, 9.17) is 0 Å². The summed E-state index contributed by atoms with van der Waals surface area (Å²) >= 11 is 0. The second-order valence-corrected chi connectivity index (χ2v) is 7.37. The van der Waals surface area contributed by atoms with Crippen molar-refractivity contribution in [3.05, 3.63) is 77.1 Å². The van der Waals surface area contributed by atoms with E-state index in [1.54, 1.807) is 13.0 Å². The quantitative estimate of drug-likeness (QED) is 0.708. The zero-order valence-corrected chi connectivity index (χ0v) is 15.7. The number of benzene rings is 2. The molecule has 27 heavy (non-hydrogen) atoms. The van der Waals surface area contributed by atoms with Gasteiger partial charge in [0.1, 0.15) is 11.3 Å². The van der Waals surface area contributed by atoms with Crippen LogP contribution in [0.15, 0.2) is 65.9 Å². The van der Waals surface area contributed by atoms with Gasteiger partial charge in [0.15, 0.2) is 0 Å². The molecule has 1 heterocycles. The third-order valence-electron chi connectivity index (χ3n) is 4.83.